The van der Waals surface area contributed by atoms with Crippen molar-refractivity contribution in [2.75, 3.05) is 25.3 Å². The van der Waals surface area contributed by atoms with Crippen molar-refractivity contribution >= 4 is 33.2 Å². The van der Waals surface area contributed by atoms with Gasteiger partial charge >= 0.3 is 0 Å². The lowest BCUT2D eigenvalue weighted by molar-refractivity contribution is 0.102. The molecule has 2 aromatic carbocycles. The molecule has 0 saturated carbocycles. The summed E-state index contributed by atoms with van der Waals surface area (Å²) in [4.78, 5) is 12.3. The fraction of sp³-hybridized carbons (Fsp3) is 0.133. The number of hydrogen-bond acceptors (Lipinski definition) is 4. The third-order valence-corrected chi connectivity index (χ3v) is 3.60. The van der Waals surface area contributed by atoms with Gasteiger partial charge in [0.15, 0.2) is 0 Å². The van der Waals surface area contributed by atoms with Crippen LogP contribution in [0.4, 0.5) is 11.4 Å². The van der Waals surface area contributed by atoms with Gasteiger partial charge in [-0.2, -0.15) is 0 Å². The molecule has 2 rings (SSSR count). The summed E-state index contributed by atoms with van der Waals surface area (Å²) in [6.45, 7) is 0. The van der Waals surface area contributed by atoms with E-state index in [1.807, 2.05) is 0 Å². The molecule has 0 radical (unpaired) electrons. The second-order valence-electron chi connectivity index (χ2n) is 4.26. The number of hydrogen-bond donors (Lipinski definition) is 2. The highest BCUT2D eigenvalue weighted by molar-refractivity contribution is 9.10. The van der Waals surface area contributed by atoms with Crippen molar-refractivity contribution in [3.8, 4) is 11.5 Å². The molecule has 110 valence electrons. The van der Waals surface area contributed by atoms with Crippen LogP contribution in [0.3, 0.4) is 0 Å². The van der Waals surface area contributed by atoms with Gasteiger partial charge in [0.25, 0.3) is 5.91 Å². The van der Waals surface area contributed by atoms with E-state index in [4.69, 9.17) is 15.2 Å². The quantitative estimate of drug-likeness (QED) is 0.829. The Morgan fingerprint density at radius 2 is 1.90 bits per heavy atom. The number of benzene rings is 2. The number of carbonyl (C=O) groups excluding carboxylic acids is 1. The van der Waals surface area contributed by atoms with Crippen molar-refractivity contribution in [2.24, 2.45) is 0 Å². The zero-order valence-corrected chi connectivity index (χ0v) is 13.2. The summed E-state index contributed by atoms with van der Waals surface area (Å²) in [7, 11) is 3.09. The van der Waals surface area contributed by atoms with Crippen molar-refractivity contribution in [2.45, 2.75) is 0 Å². The average Bonchev–Trinajstić information content (AvgIpc) is 2.48. The molecule has 0 spiro atoms. The van der Waals surface area contributed by atoms with E-state index in [0.717, 1.165) is 0 Å². The van der Waals surface area contributed by atoms with E-state index in [1.165, 1.54) is 7.11 Å². The molecular weight excluding hydrogens is 336 g/mol. The maximum atomic E-state index is 12.3. The third-order valence-electron chi connectivity index (χ3n) is 2.91. The molecular formula is C15H15BrN2O3. The Kier molecular flexibility index (Phi) is 4.70. The van der Waals surface area contributed by atoms with Crippen LogP contribution in [0.2, 0.25) is 0 Å². The van der Waals surface area contributed by atoms with Crippen LogP contribution in [0, 0.1) is 0 Å². The molecule has 0 fully saturated rings. The van der Waals surface area contributed by atoms with Gasteiger partial charge in [-0.3, -0.25) is 4.79 Å². The molecule has 6 heteroatoms. The van der Waals surface area contributed by atoms with Crippen LogP contribution in [-0.4, -0.2) is 20.1 Å². The molecule has 0 bridgehead atoms. The third kappa shape index (κ3) is 3.46. The zero-order valence-electron chi connectivity index (χ0n) is 11.6. The lowest BCUT2D eigenvalue weighted by Crippen LogP contribution is -2.13. The van der Waals surface area contributed by atoms with E-state index in [1.54, 1.807) is 43.5 Å². The summed E-state index contributed by atoms with van der Waals surface area (Å²) in [5, 5.41) is 2.78. The fourth-order valence-corrected chi connectivity index (χ4v) is 2.24. The van der Waals surface area contributed by atoms with Gasteiger partial charge in [-0.25, -0.2) is 0 Å². The van der Waals surface area contributed by atoms with Crippen LogP contribution < -0.4 is 20.5 Å². The molecule has 0 atom stereocenters. The lowest BCUT2D eigenvalue weighted by atomic mass is 10.2. The monoisotopic (exact) mass is 350 g/mol. The highest BCUT2D eigenvalue weighted by atomic mass is 79.9. The number of ether oxygens (including phenoxy) is 2. The summed E-state index contributed by atoms with van der Waals surface area (Å²) in [5.74, 6) is 0.915. The fourth-order valence-electron chi connectivity index (χ4n) is 1.82. The minimum absolute atomic E-state index is 0.259. The molecule has 5 nitrogen and oxygen atoms in total. The van der Waals surface area contributed by atoms with Gasteiger partial charge in [0.2, 0.25) is 0 Å². The van der Waals surface area contributed by atoms with Crippen molar-refractivity contribution in [3.63, 3.8) is 0 Å². The van der Waals surface area contributed by atoms with E-state index >= 15 is 0 Å². The van der Waals surface area contributed by atoms with Gasteiger partial charge in [-0.15, -0.1) is 0 Å². The number of anilines is 2. The maximum absolute atomic E-state index is 12.3. The molecule has 0 saturated heterocycles. The standard InChI is InChI=1S/C15H15BrN2O3/c1-20-10-4-5-12(16)11(8-10)15(19)18-9-3-6-14(21-2)13(17)7-9/h3-8H,17H2,1-2H3,(H,18,19). The Bertz CT molecular complexity index is 674. The van der Waals surface area contributed by atoms with Crippen LogP contribution in [0.1, 0.15) is 10.4 Å². The van der Waals surface area contributed by atoms with Crippen molar-refractivity contribution in [1.29, 1.82) is 0 Å². The number of amides is 1. The molecule has 3 N–H and O–H groups in total. The summed E-state index contributed by atoms with van der Waals surface area (Å²) >= 11 is 3.35. The van der Waals surface area contributed by atoms with Crippen molar-refractivity contribution in [3.05, 3.63) is 46.4 Å². The molecule has 0 aromatic heterocycles. The van der Waals surface area contributed by atoms with E-state index in [0.29, 0.717) is 32.9 Å². The summed E-state index contributed by atoms with van der Waals surface area (Å²) in [6, 6.07) is 10.3. The van der Waals surface area contributed by atoms with Crippen LogP contribution >= 0.6 is 15.9 Å². The molecule has 21 heavy (non-hydrogen) atoms. The SMILES string of the molecule is COc1ccc(Br)c(C(=O)Nc2ccc(OC)c(N)c2)c1. The topological polar surface area (TPSA) is 73.6 Å². The van der Waals surface area contributed by atoms with E-state index in [9.17, 15) is 4.79 Å². The molecule has 1 amide bonds. The average molecular weight is 351 g/mol. The molecule has 0 aliphatic carbocycles. The normalized spacial score (nSPS) is 10.0. The van der Waals surface area contributed by atoms with Gasteiger partial charge in [0.05, 0.1) is 25.5 Å². The first-order chi connectivity index (χ1) is 10.0. The Hall–Kier alpha value is -2.21. The number of methoxy groups -OCH3 is 2. The van der Waals surface area contributed by atoms with Gasteiger partial charge in [0.1, 0.15) is 11.5 Å². The maximum Gasteiger partial charge on any atom is 0.256 e. The number of halogens is 1. The summed E-state index contributed by atoms with van der Waals surface area (Å²) in [6.07, 6.45) is 0. The Labute approximate surface area is 131 Å². The smallest absolute Gasteiger partial charge is 0.256 e. The Morgan fingerprint density at radius 1 is 1.14 bits per heavy atom. The van der Waals surface area contributed by atoms with E-state index < -0.39 is 0 Å². The van der Waals surface area contributed by atoms with Crippen LogP contribution in [-0.2, 0) is 0 Å². The van der Waals surface area contributed by atoms with Crippen LogP contribution in [0.5, 0.6) is 11.5 Å². The van der Waals surface area contributed by atoms with Crippen molar-refractivity contribution in [1.82, 2.24) is 0 Å². The number of carbonyl (C=O) groups is 1. The first-order valence-electron chi connectivity index (χ1n) is 6.13. The van der Waals surface area contributed by atoms with Gasteiger partial charge < -0.3 is 20.5 Å². The summed E-state index contributed by atoms with van der Waals surface area (Å²) in [5.41, 5.74) is 7.34. The Balaban J connectivity index is 2.23. The minimum atomic E-state index is -0.259. The number of nitrogens with one attached hydrogen (secondary N) is 1. The van der Waals surface area contributed by atoms with Gasteiger partial charge in [0, 0.05) is 10.2 Å². The van der Waals surface area contributed by atoms with E-state index in [-0.39, 0.29) is 5.91 Å². The largest absolute Gasteiger partial charge is 0.497 e. The minimum Gasteiger partial charge on any atom is -0.497 e. The van der Waals surface area contributed by atoms with Gasteiger partial charge in [-0.05, 0) is 52.3 Å². The zero-order chi connectivity index (χ0) is 15.4. The first-order valence-corrected chi connectivity index (χ1v) is 6.93. The highest BCUT2D eigenvalue weighted by Crippen LogP contribution is 2.27. The molecule has 0 aliphatic heterocycles. The second kappa shape index (κ2) is 6.49. The molecule has 0 aliphatic rings. The van der Waals surface area contributed by atoms with Gasteiger partial charge in [-0.1, -0.05) is 0 Å². The van der Waals surface area contributed by atoms with E-state index in [2.05, 4.69) is 21.2 Å². The molecule has 0 unspecified atom stereocenters. The predicted octanol–water partition coefficient (Wildman–Crippen LogP) is 3.30. The van der Waals surface area contributed by atoms with Crippen LogP contribution in [0.25, 0.3) is 0 Å². The predicted molar refractivity (Wildman–Crippen MR) is 86.1 cm³/mol. The Morgan fingerprint density at radius 3 is 2.52 bits per heavy atom. The molecule has 2 aromatic rings. The summed E-state index contributed by atoms with van der Waals surface area (Å²) < 4.78 is 10.9. The number of nitrogens with two attached hydrogens (primary N) is 1. The van der Waals surface area contributed by atoms with Crippen LogP contribution in [0.15, 0.2) is 40.9 Å². The molecule has 0 heterocycles. The first kappa shape index (κ1) is 15.2. The highest BCUT2D eigenvalue weighted by Gasteiger charge is 2.12. The lowest BCUT2D eigenvalue weighted by Gasteiger charge is -2.10. The second-order valence-corrected chi connectivity index (χ2v) is 5.11. The van der Waals surface area contributed by atoms with Crippen molar-refractivity contribution < 1.29 is 14.3 Å². The number of rotatable bonds is 4. The number of nitrogen functional groups attached to an aromatic ring is 1.